The molecule has 2 fully saturated rings. The smallest absolute Gasteiger partial charge is 0.480 e. The summed E-state index contributed by atoms with van der Waals surface area (Å²) in [6, 6.07) is 6.43. The van der Waals surface area contributed by atoms with Crippen molar-refractivity contribution in [2.75, 3.05) is 6.61 Å². The Morgan fingerprint density at radius 1 is 1.18 bits per heavy atom. The first kappa shape index (κ1) is 20.8. The molecule has 2 saturated heterocycles. The molecule has 1 aromatic carbocycles. The number of benzene rings is 1. The summed E-state index contributed by atoms with van der Waals surface area (Å²) in [6.07, 6.45) is 1.09. The molecule has 2 aliphatic rings. The van der Waals surface area contributed by atoms with Crippen molar-refractivity contribution in [2.24, 2.45) is 0 Å². The lowest BCUT2D eigenvalue weighted by molar-refractivity contribution is -0.143. The molecule has 2 atom stereocenters. The Hall–Kier alpha value is -1.90. The van der Waals surface area contributed by atoms with Crippen molar-refractivity contribution in [3.63, 3.8) is 0 Å². The van der Waals surface area contributed by atoms with Gasteiger partial charge >= 0.3 is 13.1 Å². The van der Waals surface area contributed by atoms with Gasteiger partial charge in [0.1, 0.15) is 12.1 Å². The third-order valence-electron chi connectivity index (χ3n) is 5.78. The highest BCUT2D eigenvalue weighted by Crippen LogP contribution is 2.36. The van der Waals surface area contributed by atoms with Gasteiger partial charge in [-0.25, -0.2) is 4.79 Å². The van der Waals surface area contributed by atoms with Crippen LogP contribution in [-0.4, -0.2) is 54.1 Å². The van der Waals surface area contributed by atoms with E-state index < -0.39 is 36.4 Å². The highest BCUT2D eigenvalue weighted by atomic mass is 16.7. The van der Waals surface area contributed by atoms with Gasteiger partial charge in [0, 0.05) is 13.0 Å². The van der Waals surface area contributed by atoms with Gasteiger partial charge in [-0.2, -0.15) is 0 Å². The molecule has 2 N–H and O–H groups in total. The minimum atomic E-state index is -1.07. The quantitative estimate of drug-likeness (QED) is 0.712. The Morgan fingerprint density at radius 2 is 1.79 bits per heavy atom. The topological polar surface area (TPSA) is 94.1 Å². The fourth-order valence-corrected chi connectivity index (χ4v) is 3.27. The molecule has 0 radical (unpaired) electrons. The number of nitrogens with one attached hydrogen (secondary N) is 1. The number of ether oxygens (including phenoxy) is 1. The molecular formula is C20H28BNO6. The predicted octanol–water partition coefficient (Wildman–Crippen LogP) is 1.28. The van der Waals surface area contributed by atoms with E-state index in [0.717, 1.165) is 17.4 Å². The number of carbonyl (C=O) groups excluding carboxylic acids is 1. The van der Waals surface area contributed by atoms with Crippen LogP contribution in [0.2, 0.25) is 0 Å². The van der Waals surface area contributed by atoms with Crippen LogP contribution in [0.3, 0.4) is 0 Å². The van der Waals surface area contributed by atoms with E-state index in [1.807, 2.05) is 52.0 Å². The van der Waals surface area contributed by atoms with E-state index in [1.54, 1.807) is 0 Å². The van der Waals surface area contributed by atoms with Crippen LogP contribution in [0.5, 0.6) is 0 Å². The Morgan fingerprint density at radius 3 is 2.29 bits per heavy atom. The summed E-state index contributed by atoms with van der Waals surface area (Å²) >= 11 is 0. The van der Waals surface area contributed by atoms with Crippen LogP contribution < -0.4 is 10.8 Å². The van der Waals surface area contributed by atoms with Crippen LogP contribution in [0.25, 0.3) is 0 Å². The number of hydrogen-bond donors (Lipinski definition) is 2. The van der Waals surface area contributed by atoms with E-state index in [2.05, 4.69) is 5.32 Å². The van der Waals surface area contributed by atoms with E-state index in [-0.39, 0.29) is 12.3 Å². The number of carboxylic acids is 1. The van der Waals surface area contributed by atoms with Gasteiger partial charge in [0.25, 0.3) is 0 Å². The highest BCUT2D eigenvalue weighted by Gasteiger charge is 2.51. The minimum Gasteiger partial charge on any atom is -0.480 e. The van der Waals surface area contributed by atoms with Gasteiger partial charge in [-0.1, -0.05) is 24.3 Å². The lowest BCUT2D eigenvalue weighted by atomic mass is 9.78. The Labute approximate surface area is 165 Å². The standard InChI is InChI=1S/C20H28BNO6/c1-19(2)20(3,4)28-21(27-19)14-9-7-13(8-10-14)12-15(18(24)25)22-17(23)16-6-5-11-26-16/h7-10,15-16H,5-6,11-12H2,1-4H3,(H,22,23)(H,24,25)/t15-,16-/m0/s1. The van der Waals surface area contributed by atoms with Crippen LogP contribution in [0.15, 0.2) is 24.3 Å². The third kappa shape index (κ3) is 4.40. The second kappa shape index (κ2) is 7.85. The van der Waals surface area contributed by atoms with Gasteiger partial charge < -0.3 is 24.5 Å². The molecule has 152 valence electrons. The van der Waals surface area contributed by atoms with Gasteiger partial charge in [-0.05, 0) is 51.6 Å². The first-order valence-corrected chi connectivity index (χ1v) is 9.68. The third-order valence-corrected chi connectivity index (χ3v) is 5.78. The van der Waals surface area contributed by atoms with Gasteiger partial charge in [0.2, 0.25) is 5.91 Å². The molecule has 28 heavy (non-hydrogen) atoms. The molecule has 2 heterocycles. The maximum Gasteiger partial charge on any atom is 0.494 e. The van der Waals surface area contributed by atoms with E-state index in [9.17, 15) is 14.7 Å². The molecule has 2 aliphatic heterocycles. The van der Waals surface area contributed by atoms with E-state index in [4.69, 9.17) is 14.0 Å². The molecule has 0 bridgehead atoms. The van der Waals surface area contributed by atoms with Crippen molar-refractivity contribution in [3.8, 4) is 0 Å². The molecule has 3 rings (SSSR count). The Kier molecular flexibility index (Phi) is 5.84. The van der Waals surface area contributed by atoms with Crippen LogP contribution in [-0.2, 0) is 30.1 Å². The molecule has 1 amide bonds. The second-order valence-electron chi connectivity index (χ2n) is 8.44. The van der Waals surface area contributed by atoms with Crippen molar-refractivity contribution in [2.45, 2.75) is 70.3 Å². The van der Waals surface area contributed by atoms with Crippen molar-refractivity contribution in [1.29, 1.82) is 0 Å². The highest BCUT2D eigenvalue weighted by molar-refractivity contribution is 6.62. The largest absolute Gasteiger partial charge is 0.494 e. The molecule has 1 aromatic rings. The molecule has 0 unspecified atom stereocenters. The molecule has 0 aliphatic carbocycles. The molecule has 8 heteroatoms. The fourth-order valence-electron chi connectivity index (χ4n) is 3.27. The van der Waals surface area contributed by atoms with Crippen LogP contribution in [0.1, 0.15) is 46.1 Å². The normalized spacial score (nSPS) is 24.1. The Bertz CT molecular complexity index is 711. The molecular weight excluding hydrogens is 361 g/mol. The zero-order chi connectivity index (χ0) is 20.5. The number of rotatable bonds is 6. The monoisotopic (exact) mass is 389 g/mol. The Balaban J connectivity index is 1.63. The zero-order valence-electron chi connectivity index (χ0n) is 16.9. The lowest BCUT2D eigenvalue weighted by Gasteiger charge is -2.32. The van der Waals surface area contributed by atoms with Gasteiger partial charge in [-0.15, -0.1) is 0 Å². The summed E-state index contributed by atoms with van der Waals surface area (Å²) in [6.45, 7) is 8.52. The van der Waals surface area contributed by atoms with Gasteiger partial charge in [-0.3, -0.25) is 4.79 Å². The molecule has 0 spiro atoms. The summed E-state index contributed by atoms with van der Waals surface area (Å²) in [5.41, 5.74) is 0.840. The number of carbonyl (C=O) groups is 2. The number of amides is 1. The van der Waals surface area contributed by atoms with E-state index in [0.29, 0.717) is 13.0 Å². The average molecular weight is 389 g/mol. The van der Waals surface area contributed by atoms with E-state index >= 15 is 0 Å². The van der Waals surface area contributed by atoms with Crippen LogP contribution >= 0.6 is 0 Å². The van der Waals surface area contributed by atoms with Crippen molar-refractivity contribution in [3.05, 3.63) is 29.8 Å². The molecule has 0 saturated carbocycles. The van der Waals surface area contributed by atoms with E-state index in [1.165, 1.54) is 0 Å². The second-order valence-corrected chi connectivity index (χ2v) is 8.44. The first-order chi connectivity index (χ1) is 13.1. The maximum atomic E-state index is 12.2. The number of hydrogen-bond acceptors (Lipinski definition) is 5. The van der Waals surface area contributed by atoms with Crippen LogP contribution in [0.4, 0.5) is 0 Å². The van der Waals surface area contributed by atoms with Gasteiger partial charge in [0.05, 0.1) is 11.2 Å². The maximum absolute atomic E-state index is 12.2. The van der Waals surface area contributed by atoms with Crippen molar-refractivity contribution in [1.82, 2.24) is 5.32 Å². The summed E-state index contributed by atoms with van der Waals surface area (Å²) in [4.78, 5) is 23.7. The summed E-state index contributed by atoms with van der Waals surface area (Å²) in [7, 11) is -0.464. The molecule has 0 aromatic heterocycles. The van der Waals surface area contributed by atoms with Gasteiger partial charge in [0.15, 0.2) is 0 Å². The zero-order valence-corrected chi connectivity index (χ0v) is 16.9. The van der Waals surface area contributed by atoms with Crippen LogP contribution in [0, 0.1) is 0 Å². The minimum absolute atomic E-state index is 0.192. The number of carboxylic acid groups (broad SMARTS) is 1. The molecule has 7 nitrogen and oxygen atoms in total. The van der Waals surface area contributed by atoms with Crippen molar-refractivity contribution < 1.29 is 28.7 Å². The first-order valence-electron chi connectivity index (χ1n) is 9.68. The SMILES string of the molecule is CC1(C)OB(c2ccc(C[C@H](NC(=O)[C@@H]3CCCO3)C(=O)O)cc2)OC1(C)C. The lowest BCUT2D eigenvalue weighted by Crippen LogP contribution is -2.46. The van der Waals surface area contributed by atoms with Crippen molar-refractivity contribution >= 4 is 24.5 Å². The number of aliphatic carboxylic acids is 1. The summed E-state index contributed by atoms with van der Waals surface area (Å²) in [5, 5.41) is 12.1. The summed E-state index contributed by atoms with van der Waals surface area (Å²) in [5.74, 6) is -1.43. The summed E-state index contributed by atoms with van der Waals surface area (Å²) < 4.78 is 17.4. The average Bonchev–Trinajstić information content (AvgIpc) is 3.21. The predicted molar refractivity (Wildman–Crippen MR) is 104 cm³/mol. The fraction of sp³-hybridized carbons (Fsp3) is 0.600.